The summed E-state index contributed by atoms with van der Waals surface area (Å²) in [6.07, 6.45) is 1.22. The zero-order chi connectivity index (χ0) is 19.0. The molecule has 0 spiro atoms. The van der Waals surface area contributed by atoms with E-state index in [0.29, 0.717) is 35.0 Å². The second kappa shape index (κ2) is 7.06. The Morgan fingerprint density at radius 3 is 2.78 bits per heavy atom. The van der Waals surface area contributed by atoms with Crippen LogP contribution < -0.4 is 10.2 Å². The Hall–Kier alpha value is -2.23. The van der Waals surface area contributed by atoms with Crippen LogP contribution in [0.3, 0.4) is 0 Å². The second-order valence-corrected chi connectivity index (χ2v) is 9.74. The molecule has 2 aliphatic rings. The number of carbonyl (C=O) groups is 2. The van der Waals surface area contributed by atoms with E-state index in [0.717, 1.165) is 0 Å². The first-order valence-electron chi connectivity index (χ1n) is 8.71. The minimum absolute atomic E-state index is 0.0516. The highest BCUT2D eigenvalue weighted by Gasteiger charge is 2.37. The van der Waals surface area contributed by atoms with Crippen LogP contribution in [0.1, 0.15) is 12.8 Å². The van der Waals surface area contributed by atoms with Gasteiger partial charge in [-0.1, -0.05) is 18.2 Å². The fourth-order valence-corrected chi connectivity index (χ4v) is 6.22. The summed E-state index contributed by atoms with van der Waals surface area (Å²) in [6.45, 7) is 0.491. The molecule has 7 nitrogen and oxygen atoms in total. The number of benzene rings is 1. The van der Waals surface area contributed by atoms with E-state index < -0.39 is 15.9 Å². The number of nitrogens with zero attached hydrogens (tertiary/aromatic N) is 2. The molecule has 0 bridgehead atoms. The van der Waals surface area contributed by atoms with E-state index in [9.17, 15) is 18.0 Å². The number of rotatable bonds is 3. The number of carbonyl (C=O) groups excluding carboxylic acids is 2. The van der Waals surface area contributed by atoms with Crippen molar-refractivity contribution in [1.82, 2.24) is 4.31 Å². The lowest BCUT2D eigenvalue weighted by atomic mass is 9.97. The zero-order valence-electron chi connectivity index (χ0n) is 14.5. The average Bonchev–Trinajstić information content (AvgIpc) is 3.22. The monoisotopic (exact) mass is 405 g/mol. The molecule has 1 atom stereocenters. The van der Waals surface area contributed by atoms with E-state index in [1.54, 1.807) is 35.7 Å². The lowest BCUT2D eigenvalue weighted by Gasteiger charge is -2.36. The fourth-order valence-electron chi connectivity index (χ4n) is 3.55. The van der Waals surface area contributed by atoms with E-state index in [4.69, 9.17) is 0 Å². The maximum absolute atomic E-state index is 13.1. The highest BCUT2D eigenvalue weighted by molar-refractivity contribution is 7.91. The number of sulfonamides is 1. The van der Waals surface area contributed by atoms with Crippen molar-refractivity contribution in [1.29, 1.82) is 0 Å². The molecule has 1 N–H and O–H groups in total. The summed E-state index contributed by atoms with van der Waals surface area (Å²) in [7, 11) is -3.59. The highest BCUT2D eigenvalue weighted by atomic mass is 32.2. The maximum atomic E-state index is 13.1. The van der Waals surface area contributed by atoms with Crippen molar-refractivity contribution in [3.8, 4) is 0 Å². The summed E-state index contributed by atoms with van der Waals surface area (Å²) >= 11 is 1.17. The average molecular weight is 406 g/mol. The Morgan fingerprint density at radius 2 is 2.00 bits per heavy atom. The van der Waals surface area contributed by atoms with Crippen LogP contribution in [0.2, 0.25) is 0 Å². The zero-order valence-corrected chi connectivity index (χ0v) is 16.1. The van der Waals surface area contributed by atoms with Gasteiger partial charge in [-0.05, 0) is 36.4 Å². The van der Waals surface area contributed by atoms with Gasteiger partial charge in [0.15, 0.2) is 0 Å². The quantitative estimate of drug-likeness (QED) is 0.848. The molecule has 1 aromatic carbocycles. The highest BCUT2D eigenvalue weighted by Crippen LogP contribution is 2.32. The lowest BCUT2D eigenvalue weighted by Crippen LogP contribution is -2.50. The van der Waals surface area contributed by atoms with Crippen molar-refractivity contribution in [3.63, 3.8) is 0 Å². The maximum Gasteiger partial charge on any atom is 0.252 e. The summed E-state index contributed by atoms with van der Waals surface area (Å²) in [5, 5.41) is 4.49. The molecule has 3 heterocycles. The van der Waals surface area contributed by atoms with E-state index >= 15 is 0 Å². The molecule has 0 radical (unpaired) electrons. The number of amides is 2. The van der Waals surface area contributed by atoms with Crippen LogP contribution in [0, 0.1) is 5.92 Å². The number of piperidine rings is 1. The minimum atomic E-state index is -3.59. The van der Waals surface area contributed by atoms with Gasteiger partial charge in [-0.2, -0.15) is 4.31 Å². The lowest BCUT2D eigenvalue weighted by molar-refractivity contribution is -0.125. The molecule has 2 aromatic rings. The molecule has 27 heavy (non-hydrogen) atoms. The SMILES string of the molecule is O=C1CN(C(=O)[C@@H]2CCCN(S(=O)(=O)c3cccs3)C2)c2ccccc2N1. The molecule has 9 heteroatoms. The van der Waals surface area contributed by atoms with Gasteiger partial charge in [-0.3, -0.25) is 9.59 Å². The van der Waals surface area contributed by atoms with Crippen LogP contribution >= 0.6 is 11.3 Å². The number of fused-ring (bicyclic) bond motifs is 1. The summed E-state index contributed by atoms with van der Waals surface area (Å²) in [5.74, 6) is -0.920. The van der Waals surface area contributed by atoms with Crippen molar-refractivity contribution in [3.05, 3.63) is 41.8 Å². The van der Waals surface area contributed by atoms with Crippen LogP contribution in [0.15, 0.2) is 46.0 Å². The standard InChI is InChI=1S/C18H19N3O4S2/c22-16-12-21(15-7-2-1-6-14(15)19-16)18(23)13-5-3-9-20(11-13)27(24,25)17-8-4-10-26-17/h1-2,4,6-8,10,13H,3,5,9,11-12H2,(H,19,22)/t13-/m1/s1. The van der Waals surface area contributed by atoms with Crippen molar-refractivity contribution < 1.29 is 18.0 Å². The Kier molecular flexibility index (Phi) is 4.75. The summed E-state index contributed by atoms with van der Waals surface area (Å²) in [6, 6.07) is 10.4. The summed E-state index contributed by atoms with van der Waals surface area (Å²) < 4.78 is 27.3. The fraction of sp³-hybridized carbons (Fsp3) is 0.333. The van der Waals surface area contributed by atoms with Gasteiger partial charge in [0, 0.05) is 13.1 Å². The molecule has 142 valence electrons. The smallest absolute Gasteiger partial charge is 0.252 e. The molecule has 2 amide bonds. The Bertz CT molecular complexity index is 972. The number of para-hydroxylation sites is 2. The third kappa shape index (κ3) is 3.38. The van der Waals surface area contributed by atoms with Gasteiger partial charge >= 0.3 is 0 Å². The van der Waals surface area contributed by atoms with E-state index in [-0.39, 0.29) is 24.9 Å². The third-order valence-corrected chi connectivity index (χ3v) is 8.10. The van der Waals surface area contributed by atoms with E-state index in [2.05, 4.69) is 5.32 Å². The molecule has 0 saturated carbocycles. The number of thiophene rings is 1. The van der Waals surface area contributed by atoms with Crippen molar-refractivity contribution in [2.75, 3.05) is 29.9 Å². The molecular formula is C18H19N3O4S2. The molecule has 4 rings (SSSR count). The molecular weight excluding hydrogens is 386 g/mol. The van der Waals surface area contributed by atoms with Crippen molar-refractivity contribution in [2.24, 2.45) is 5.92 Å². The number of hydrogen-bond donors (Lipinski definition) is 1. The molecule has 1 aromatic heterocycles. The predicted octanol–water partition coefficient (Wildman–Crippen LogP) is 2.13. The van der Waals surface area contributed by atoms with Crippen LogP contribution in [0.25, 0.3) is 0 Å². The molecule has 0 aliphatic carbocycles. The Labute approximate surface area is 161 Å². The molecule has 1 fully saturated rings. The van der Waals surface area contributed by atoms with E-state index in [1.165, 1.54) is 20.5 Å². The summed E-state index contributed by atoms with van der Waals surface area (Å²) in [5.41, 5.74) is 1.25. The molecule has 1 saturated heterocycles. The van der Waals surface area contributed by atoms with Gasteiger partial charge in [-0.25, -0.2) is 8.42 Å². The molecule has 2 aliphatic heterocycles. The van der Waals surface area contributed by atoms with Gasteiger partial charge in [0.05, 0.1) is 17.3 Å². The van der Waals surface area contributed by atoms with Crippen LogP contribution in [0.4, 0.5) is 11.4 Å². The van der Waals surface area contributed by atoms with E-state index in [1.807, 2.05) is 6.07 Å². The van der Waals surface area contributed by atoms with Gasteiger partial charge in [0.1, 0.15) is 10.8 Å². The first-order chi connectivity index (χ1) is 13.0. The Morgan fingerprint density at radius 1 is 1.19 bits per heavy atom. The van der Waals surface area contributed by atoms with Crippen LogP contribution in [0.5, 0.6) is 0 Å². The molecule has 0 unspecified atom stereocenters. The number of anilines is 2. The summed E-state index contributed by atoms with van der Waals surface area (Å²) in [4.78, 5) is 26.6. The van der Waals surface area contributed by atoms with Gasteiger partial charge in [-0.15, -0.1) is 11.3 Å². The number of nitrogens with one attached hydrogen (secondary N) is 1. The van der Waals surface area contributed by atoms with Gasteiger partial charge in [0.25, 0.3) is 10.0 Å². The van der Waals surface area contributed by atoms with Crippen molar-refractivity contribution >= 4 is 44.5 Å². The normalized spacial score (nSPS) is 20.8. The van der Waals surface area contributed by atoms with Crippen LogP contribution in [-0.4, -0.2) is 44.2 Å². The minimum Gasteiger partial charge on any atom is -0.323 e. The van der Waals surface area contributed by atoms with Gasteiger partial charge in [0.2, 0.25) is 11.8 Å². The predicted molar refractivity (Wildman–Crippen MR) is 103 cm³/mol. The first-order valence-corrected chi connectivity index (χ1v) is 11.0. The largest absolute Gasteiger partial charge is 0.323 e. The van der Waals surface area contributed by atoms with Gasteiger partial charge < -0.3 is 10.2 Å². The Balaban J connectivity index is 1.57. The first kappa shape index (κ1) is 18.1. The van der Waals surface area contributed by atoms with Crippen molar-refractivity contribution in [2.45, 2.75) is 17.1 Å². The number of hydrogen-bond acceptors (Lipinski definition) is 5. The topological polar surface area (TPSA) is 86.8 Å². The second-order valence-electron chi connectivity index (χ2n) is 6.62. The third-order valence-electron chi connectivity index (χ3n) is 4.86. The van der Waals surface area contributed by atoms with Crippen LogP contribution in [-0.2, 0) is 19.6 Å².